The third kappa shape index (κ3) is 5.87. The maximum absolute atomic E-state index is 15.0. The fourth-order valence-corrected chi connectivity index (χ4v) is 4.71. The van der Waals surface area contributed by atoms with E-state index < -0.39 is 40.2 Å². The molecule has 37 heavy (non-hydrogen) atoms. The minimum absolute atomic E-state index is 0.108. The van der Waals surface area contributed by atoms with Gasteiger partial charge >= 0.3 is 0 Å². The molecule has 2 nitrogen and oxygen atoms in total. The lowest BCUT2D eigenvalue weighted by atomic mass is 9.94. The molecule has 2 atom stereocenters. The molecule has 2 unspecified atom stereocenters. The Labute approximate surface area is 213 Å². The highest BCUT2D eigenvalue weighted by molar-refractivity contribution is 5.73. The lowest BCUT2D eigenvalue weighted by Crippen LogP contribution is -2.25. The Hall–Kier alpha value is -3.19. The van der Waals surface area contributed by atoms with Gasteiger partial charge in [0.1, 0.15) is 5.82 Å². The molecule has 0 spiro atoms. The number of hydrogen-bond donors (Lipinski definition) is 0. The first kappa shape index (κ1) is 26.9. The van der Waals surface area contributed by atoms with Crippen LogP contribution in [-0.4, -0.2) is 19.3 Å². The molecule has 1 fully saturated rings. The Morgan fingerprint density at radius 2 is 1.46 bits per heavy atom. The highest BCUT2D eigenvalue weighted by Crippen LogP contribution is 2.36. The van der Waals surface area contributed by atoms with E-state index in [9.17, 15) is 17.6 Å². The summed E-state index contributed by atoms with van der Waals surface area (Å²) in [6, 6.07) is 8.94. The molecule has 4 rings (SSSR count). The summed E-state index contributed by atoms with van der Waals surface area (Å²) in [5.41, 5.74) is -0.621. The maximum Gasteiger partial charge on any atom is 0.201 e. The van der Waals surface area contributed by atoms with E-state index in [2.05, 4.69) is 6.08 Å². The van der Waals surface area contributed by atoms with Gasteiger partial charge in [0.15, 0.2) is 23.2 Å². The van der Waals surface area contributed by atoms with Gasteiger partial charge in [0.25, 0.3) is 0 Å². The van der Waals surface area contributed by atoms with Gasteiger partial charge in [-0.25, -0.2) is 17.6 Å². The molecule has 0 aliphatic carbocycles. The summed E-state index contributed by atoms with van der Waals surface area (Å²) >= 11 is 0. The molecule has 1 aliphatic rings. The van der Waals surface area contributed by atoms with Crippen LogP contribution in [0.5, 0.6) is 5.75 Å². The lowest BCUT2D eigenvalue weighted by molar-refractivity contribution is -0.00790. The average molecular weight is 517 g/mol. The minimum Gasteiger partial charge on any atom is -0.491 e. The number of ether oxygens (including phenoxy) is 2. The van der Waals surface area contributed by atoms with Crippen LogP contribution in [0, 0.1) is 35.0 Å². The smallest absolute Gasteiger partial charge is 0.201 e. The summed E-state index contributed by atoms with van der Waals surface area (Å²) in [7, 11) is 0. The van der Waals surface area contributed by atoms with Crippen molar-refractivity contribution in [2.24, 2.45) is 5.92 Å². The third-order valence-corrected chi connectivity index (χ3v) is 6.67. The van der Waals surface area contributed by atoms with Crippen LogP contribution in [0.1, 0.15) is 38.7 Å². The van der Waals surface area contributed by atoms with E-state index in [-0.39, 0.29) is 29.6 Å². The summed E-state index contributed by atoms with van der Waals surface area (Å²) in [5, 5.41) is 0. The van der Waals surface area contributed by atoms with Gasteiger partial charge < -0.3 is 9.47 Å². The zero-order chi connectivity index (χ0) is 26.5. The predicted octanol–water partition coefficient (Wildman–Crippen LogP) is 8.42. The average Bonchev–Trinajstić information content (AvgIpc) is 2.89. The first-order valence-corrected chi connectivity index (χ1v) is 12.5. The molecule has 0 amide bonds. The van der Waals surface area contributed by atoms with Crippen LogP contribution < -0.4 is 4.74 Å². The molecular formula is C30H29F5O2. The Balaban J connectivity index is 1.51. The second kappa shape index (κ2) is 11.9. The van der Waals surface area contributed by atoms with E-state index in [0.717, 1.165) is 49.1 Å². The zero-order valence-electron chi connectivity index (χ0n) is 20.8. The summed E-state index contributed by atoms with van der Waals surface area (Å²) in [6.07, 6.45) is 7.60. The monoisotopic (exact) mass is 516 g/mol. The molecule has 3 aromatic carbocycles. The molecule has 3 aromatic rings. The van der Waals surface area contributed by atoms with Crippen molar-refractivity contribution in [3.63, 3.8) is 0 Å². The molecule has 0 bridgehead atoms. The molecule has 1 saturated heterocycles. The first-order valence-electron chi connectivity index (χ1n) is 12.5. The standard InChI is InChI=1S/C30H29F5O2/c1-3-5-19-7-10-20(37-17-19)9-6-18-8-11-21(25(31)16-18)22-12-13-23(28(33)27(22)32)24-14-15-26(36-4-2)30(35)29(24)34/h3,5,8,11-16,19-20H,4,6-7,9-10,17H2,1-2H3. The first-order chi connectivity index (χ1) is 17.8. The van der Waals surface area contributed by atoms with Gasteiger partial charge in [-0.15, -0.1) is 0 Å². The summed E-state index contributed by atoms with van der Waals surface area (Å²) in [5.74, 6) is -5.97. The van der Waals surface area contributed by atoms with Gasteiger partial charge in [0, 0.05) is 28.2 Å². The Morgan fingerprint density at radius 3 is 2.05 bits per heavy atom. The van der Waals surface area contributed by atoms with Crippen molar-refractivity contribution in [1.29, 1.82) is 0 Å². The van der Waals surface area contributed by atoms with E-state index in [0.29, 0.717) is 18.9 Å². The van der Waals surface area contributed by atoms with Crippen LogP contribution in [0.4, 0.5) is 22.0 Å². The number of allylic oxidation sites excluding steroid dienone is 1. The van der Waals surface area contributed by atoms with Crippen molar-refractivity contribution < 1.29 is 31.4 Å². The Bertz CT molecular complexity index is 1280. The van der Waals surface area contributed by atoms with Gasteiger partial charge in [-0.1, -0.05) is 36.4 Å². The SMILES string of the molecule is CC=CC1CCC(CCc2ccc(-c3ccc(-c4ccc(OCC)c(F)c4F)c(F)c3F)c(F)c2)OC1. The number of rotatable bonds is 8. The number of hydrogen-bond acceptors (Lipinski definition) is 2. The highest BCUT2D eigenvalue weighted by Gasteiger charge is 2.23. The second-order valence-corrected chi connectivity index (χ2v) is 9.13. The van der Waals surface area contributed by atoms with E-state index in [4.69, 9.17) is 9.47 Å². The second-order valence-electron chi connectivity index (χ2n) is 9.13. The maximum atomic E-state index is 15.0. The van der Waals surface area contributed by atoms with Crippen molar-refractivity contribution in [1.82, 2.24) is 0 Å². The molecule has 0 N–H and O–H groups in total. The molecule has 1 heterocycles. The quantitative estimate of drug-likeness (QED) is 0.221. The van der Waals surface area contributed by atoms with E-state index >= 15 is 4.39 Å². The van der Waals surface area contributed by atoms with Gasteiger partial charge in [0.05, 0.1) is 19.3 Å². The molecule has 0 aromatic heterocycles. The predicted molar refractivity (Wildman–Crippen MR) is 134 cm³/mol. The zero-order valence-corrected chi connectivity index (χ0v) is 20.8. The van der Waals surface area contributed by atoms with Crippen LogP contribution in [0.15, 0.2) is 54.6 Å². The number of halogens is 5. The van der Waals surface area contributed by atoms with Crippen LogP contribution in [0.3, 0.4) is 0 Å². The van der Waals surface area contributed by atoms with Crippen molar-refractivity contribution >= 4 is 0 Å². The van der Waals surface area contributed by atoms with Crippen molar-refractivity contribution in [3.8, 4) is 28.0 Å². The van der Waals surface area contributed by atoms with Crippen molar-refractivity contribution in [3.05, 3.63) is 89.3 Å². The molecule has 7 heteroatoms. The number of aryl methyl sites for hydroxylation is 1. The van der Waals surface area contributed by atoms with Crippen LogP contribution in [0.25, 0.3) is 22.3 Å². The summed E-state index contributed by atoms with van der Waals surface area (Å²) in [6.45, 7) is 4.39. The molecule has 196 valence electrons. The highest BCUT2D eigenvalue weighted by atomic mass is 19.2. The molecule has 1 aliphatic heterocycles. The lowest BCUT2D eigenvalue weighted by Gasteiger charge is -2.27. The van der Waals surface area contributed by atoms with Gasteiger partial charge in [-0.2, -0.15) is 4.39 Å². The van der Waals surface area contributed by atoms with Crippen molar-refractivity contribution in [2.75, 3.05) is 13.2 Å². The van der Waals surface area contributed by atoms with E-state index in [1.165, 1.54) is 12.1 Å². The fraction of sp³-hybridized carbons (Fsp3) is 0.333. The molecule has 0 radical (unpaired) electrons. The van der Waals surface area contributed by atoms with Crippen LogP contribution in [-0.2, 0) is 11.2 Å². The van der Waals surface area contributed by atoms with E-state index in [1.54, 1.807) is 13.0 Å². The Morgan fingerprint density at radius 1 is 0.838 bits per heavy atom. The summed E-state index contributed by atoms with van der Waals surface area (Å²) in [4.78, 5) is 0. The van der Waals surface area contributed by atoms with Gasteiger partial charge in [0.2, 0.25) is 5.82 Å². The topological polar surface area (TPSA) is 18.5 Å². The minimum atomic E-state index is -1.39. The van der Waals surface area contributed by atoms with Crippen LogP contribution >= 0.6 is 0 Å². The van der Waals surface area contributed by atoms with Gasteiger partial charge in [-0.05, 0) is 63.3 Å². The fourth-order valence-electron chi connectivity index (χ4n) is 4.71. The van der Waals surface area contributed by atoms with Crippen molar-refractivity contribution in [2.45, 2.75) is 45.6 Å². The van der Waals surface area contributed by atoms with Crippen LogP contribution in [0.2, 0.25) is 0 Å². The molecular weight excluding hydrogens is 487 g/mol. The largest absolute Gasteiger partial charge is 0.491 e. The van der Waals surface area contributed by atoms with Gasteiger partial charge in [-0.3, -0.25) is 0 Å². The normalized spacial score (nSPS) is 17.9. The number of benzene rings is 3. The molecule has 0 saturated carbocycles. The summed E-state index contributed by atoms with van der Waals surface area (Å²) < 4.78 is 84.7. The van der Waals surface area contributed by atoms with E-state index in [1.807, 2.05) is 13.0 Å². The third-order valence-electron chi connectivity index (χ3n) is 6.67. The Kier molecular flexibility index (Phi) is 8.64.